The molecule has 5 nitrogen and oxygen atoms in total. The van der Waals surface area contributed by atoms with Gasteiger partial charge in [-0.1, -0.05) is 87.4 Å². The quantitative estimate of drug-likeness (QED) is 0.189. The Hall–Kier alpha value is -3.73. The summed E-state index contributed by atoms with van der Waals surface area (Å²) in [4.78, 5) is 13.8. The topological polar surface area (TPSA) is 49.7 Å². The van der Waals surface area contributed by atoms with Crippen molar-refractivity contribution in [3.05, 3.63) is 100 Å². The molecule has 3 aromatic carbocycles. The number of pyridine rings is 1. The molecule has 0 unspecified atom stereocenters. The van der Waals surface area contributed by atoms with E-state index < -0.39 is 0 Å². The molecule has 5 heteroatoms. The van der Waals surface area contributed by atoms with Crippen molar-refractivity contribution in [2.75, 3.05) is 6.61 Å². The minimum absolute atomic E-state index is 0.180. The van der Waals surface area contributed by atoms with Crippen LogP contribution >= 0.6 is 0 Å². The highest BCUT2D eigenvalue weighted by Gasteiger charge is 2.21. The Balaban J connectivity index is 1.79. The van der Waals surface area contributed by atoms with E-state index in [1.54, 1.807) is 4.57 Å². The number of aryl methyl sites for hydroxylation is 1. The van der Waals surface area contributed by atoms with Crippen molar-refractivity contribution in [3.63, 3.8) is 0 Å². The molecule has 0 N–H and O–H groups in total. The first-order valence-electron chi connectivity index (χ1n) is 12.9. The molecular weight excluding hydrogens is 450 g/mol. The average Bonchev–Trinajstić information content (AvgIpc) is 2.92. The summed E-state index contributed by atoms with van der Waals surface area (Å²) < 4.78 is 20.3. The third kappa shape index (κ3) is 6.28. The van der Waals surface area contributed by atoms with Crippen molar-refractivity contribution in [2.45, 2.75) is 59.3 Å². The number of hydrogen-bond acceptors (Lipinski definition) is 4. The fraction of sp³-hybridized carbons (Fsp3) is 0.323. The second-order valence-electron chi connectivity index (χ2n) is 8.90. The van der Waals surface area contributed by atoms with Crippen LogP contribution in [-0.4, -0.2) is 11.2 Å². The Kier molecular flexibility index (Phi) is 9.03. The van der Waals surface area contributed by atoms with Crippen LogP contribution in [0.3, 0.4) is 0 Å². The maximum atomic E-state index is 13.8. The zero-order chi connectivity index (χ0) is 25.2. The Morgan fingerprint density at radius 2 is 1.31 bits per heavy atom. The van der Waals surface area contributed by atoms with Crippen molar-refractivity contribution in [1.29, 1.82) is 0 Å². The molecule has 0 saturated carbocycles. The van der Waals surface area contributed by atoms with Crippen LogP contribution in [-0.2, 0) is 19.8 Å². The Bertz CT molecular complexity index is 1300. The van der Waals surface area contributed by atoms with E-state index in [4.69, 9.17) is 14.2 Å². The van der Waals surface area contributed by atoms with Gasteiger partial charge in [-0.25, -0.2) is 0 Å². The van der Waals surface area contributed by atoms with Crippen molar-refractivity contribution in [1.82, 2.24) is 4.57 Å². The van der Waals surface area contributed by atoms with Gasteiger partial charge >= 0.3 is 0 Å². The van der Waals surface area contributed by atoms with Crippen molar-refractivity contribution < 1.29 is 14.2 Å². The van der Waals surface area contributed by atoms with Crippen molar-refractivity contribution in [3.8, 4) is 17.2 Å². The molecule has 0 spiro atoms. The number of fused-ring (bicyclic) bond motifs is 1. The van der Waals surface area contributed by atoms with Crippen LogP contribution in [0.5, 0.6) is 17.2 Å². The highest BCUT2D eigenvalue weighted by Crippen LogP contribution is 2.36. The zero-order valence-electron chi connectivity index (χ0n) is 21.2. The van der Waals surface area contributed by atoms with Gasteiger partial charge in [-0.05, 0) is 36.1 Å². The van der Waals surface area contributed by atoms with E-state index in [-0.39, 0.29) is 17.9 Å². The summed E-state index contributed by atoms with van der Waals surface area (Å²) >= 11 is 0. The second kappa shape index (κ2) is 12.8. The molecule has 4 aromatic rings. The number of rotatable bonds is 13. The molecular formula is C31H35NO4. The third-order valence-electron chi connectivity index (χ3n) is 6.10. The van der Waals surface area contributed by atoms with E-state index in [1.165, 1.54) is 0 Å². The van der Waals surface area contributed by atoms with Gasteiger partial charge in [0.15, 0.2) is 5.75 Å². The average molecular weight is 486 g/mol. The molecule has 0 aliphatic heterocycles. The number of benzene rings is 3. The highest BCUT2D eigenvalue weighted by atomic mass is 16.5. The summed E-state index contributed by atoms with van der Waals surface area (Å²) in [5, 5.41) is 0.840. The summed E-state index contributed by atoms with van der Waals surface area (Å²) in [7, 11) is 0. The molecule has 0 amide bonds. The van der Waals surface area contributed by atoms with Gasteiger partial charge in [0, 0.05) is 18.0 Å². The fourth-order valence-corrected chi connectivity index (χ4v) is 4.07. The Morgan fingerprint density at radius 3 is 1.92 bits per heavy atom. The minimum Gasteiger partial charge on any atom is -0.494 e. The molecule has 36 heavy (non-hydrogen) atoms. The predicted molar refractivity (Wildman–Crippen MR) is 145 cm³/mol. The molecule has 4 rings (SSSR count). The molecule has 1 aromatic heterocycles. The number of unbranched alkanes of at least 4 members (excludes halogenated alkanes) is 2. The van der Waals surface area contributed by atoms with E-state index in [0.717, 1.165) is 53.5 Å². The van der Waals surface area contributed by atoms with E-state index in [9.17, 15) is 4.79 Å². The normalized spacial score (nSPS) is 10.9. The molecule has 0 atom stereocenters. The maximum absolute atomic E-state index is 13.8. The van der Waals surface area contributed by atoms with Crippen molar-refractivity contribution >= 4 is 10.9 Å². The second-order valence-corrected chi connectivity index (χ2v) is 8.90. The molecule has 1 heterocycles. The lowest BCUT2D eigenvalue weighted by molar-refractivity contribution is 0.253. The van der Waals surface area contributed by atoms with Crippen LogP contribution in [0.15, 0.2) is 83.7 Å². The van der Waals surface area contributed by atoms with Gasteiger partial charge in [0.2, 0.25) is 5.75 Å². The largest absolute Gasteiger partial charge is 0.494 e. The first-order valence-corrected chi connectivity index (χ1v) is 12.9. The maximum Gasteiger partial charge on any atom is 0.297 e. The van der Waals surface area contributed by atoms with E-state index in [1.807, 2.05) is 78.9 Å². The molecule has 0 saturated heterocycles. The zero-order valence-corrected chi connectivity index (χ0v) is 21.2. The van der Waals surface area contributed by atoms with Gasteiger partial charge in [0.1, 0.15) is 19.0 Å². The summed E-state index contributed by atoms with van der Waals surface area (Å²) in [5.41, 5.74) is 2.64. The van der Waals surface area contributed by atoms with E-state index >= 15 is 0 Å². The molecule has 0 bridgehead atoms. The number of aromatic nitrogens is 1. The summed E-state index contributed by atoms with van der Waals surface area (Å²) in [5.74, 6) is 1.48. The smallest absolute Gasteiger partial charge is 0.297 e. The Morgan fingerprint density at radius 1 is 0.694 bits per heavy atom. The fourth-order valence-electron chi connectivity index (χ4n) is 4.07. The SMILES string of the molecule is CCCCOc1ccc2c(OCc3ccccc3)c(OCc3ccccc3)c(=O)n(CCCC)c2c1. The molecule has 0 aliphatic carbocycles. The van der Waals surface area contributed by atoms with E-state index in [2.05, 4.69) is 13.8 Å². The highest BCUT2D eigenvalue weighted by molar-refractivity contribution is 5.89. The van der Waals surface area contributed by atoms with Gasteiger partial charge in [-0.3, -0.25) is 4.79 Å². The van der Waals surface area contributed by atoms with Crippen LogP contribution in [0.2, 0.25) is 0 Å². The first kappa shape index (κ1) is 25.4. The van der Waals surface area contributed by atoms with E-state index in [0.29, 0.717) is 25.5 Å². The molecule has 0 aliphatic rings. The first-order chi connectivity index (χ1) is 17.7. The van der Waals surface area contributed by atoms with Gasteiger partial charge in [0.05, 0.1) is 12.1 Å². The lowest BCUT2D eigenvalue weighted by Crippen LogP contribution is -2.24. The van der Waals surface area contributed by atoms with Crippen LogP contribution in [0, 0.1) is 0 Å². The van der Waals surface area contributed by atoms with Gasteiger partial charge in [0.25, 0.3) is 5.56 Å². The van der Waals surface area contributed by atoms with Gasteiger partial charge < -0.3 is 18.8 Å². The molecule has 0 radical (unpaired) electrons. The minimum atomic E-state index is -0.180. The third-order valence-corrected chi connectivity index (χ3v) is 6.10. The molecule has 188 valence electrons. The lowest BCUT2D eigenvalue weighted by Gasteiger charge is -2.19. The molecule has 0 fully saturated rings. The number of hydrogen-bond donors (Lipinski definition) is 0. The van der Waals surface area contributed by atoms with Crippen LogP contribution < -0.4 is 19.8 Å². The standard InChI is InChI=1S/C31H35NO4/c1-3-5-19-32-28-21-26(34-20-6-4-2)17-18-27(28)29(35-22-24-13-9-7-10-14-24)30(31(32)33)36-23-25-15-11-8-12-16-25/h7-18,21H,3-6,19-20,22-23H2,1-2H3. The summed E-state index contributed by atoms with van der Waals surface area (Å²) in [6.07, 6.45) is 3.91. The van der Waals surface area contributed by atoms with Gasteiger partial charge in [-0.2, -0.15) is 0 Å². The van der Waals surface area contributed by atoms with Crippen LogP contribution in [0.1, 0.15) is 50.7 Å². The number of ether oxygens (including phenoxy) is 3. The lowest BCUT2D eigenvalue weighted by atomic mass is 10.1. The van der Waals surface area contributed by atoms with Gasteiger partial charge in [-0.15, -0.1) is 0 Å². The number of nitrogens with zero attached hydrogens (tertiary/aromatic N) is 1. The van der Waals surface area contributed by atoms with Crippen molar-refractivity contribution in [2.24, 2.45) is 0 Å². The summed E-state index contributed by atoms with van der Waals surface area (Å²) in [6, 6.07) is 25.7. The Labute approximate surface area is 213 Å². The predicted octanol–water partition coefficient (Wildman–Crippen LogP) is 7.14. The van der Waals surface area contributed by atoms with Crippen LogP contribution in [0.4, 0.5) is 0 Å². The summed E-state index contributed by atoms with van der Waals surface area (Å²) in [6.45, 7) is 6.14. The monoisotopic (exact) mass is 485 g/mol. The van der Waals surface area contributed by atoms with Crippen LogP contribution in [0.25, 0.3) is 10.9 Å².